The molecule has 0 aromatic heterocycles. The first-order valence-corrected chi connectivity index (χ1v) is 10.1. The minimum atomic E-state index is -1.46. The van der Waals surface area contributed by atoms with E-state index in [9.17, 15) is 23.5 Å². The minimum Gasteiger partial charge on any atom is -0.303 e. The smallest absolute Gasteiger partial charge is 0.269 e. The summed E-state index contributed by atoms with van der Waals surface area (Å²) in [4.78, 5) is 22.2. The third kappa shape index (κ3) is 6.06. The maximum Gasteiger partial charge on any atom is 0.269 e. The van der Waals surface area contributed by atoms with Gasteiger partial charge >= 0.3 is 0 Å². The normalized spacial score (nSPS) is 13.1. The number of unbranched alkanes of at least 4 members (excludes halogenated alkanes) is 1. The molecule has 0 radical (unpaired) electrons. The molecule has 0 amide bonds. The fraction of sp³-hybridized carbons (Fsp3) is 0.350. The highest BCUT2D eigenvalue weighted by Crippen LogP contribution is 2.23. The van der Waals surface area contributed by atoms with Crippen LogP contribution in [0.2, 0.25) is 0 Å². The number of hydrogen-bond acceptors (Lipinski definition) is 4. The highest BCUT2D eigenvalue weighted by molar-refractivity contribution is 7.85. The van der Waals surface area contributed by atoms with Gasteiger partial charge in [0.15, 0.2) is 0 Å². The molecule has 0 fully saturated rings. The molecule has 0 bridgehead atoms. The Morgan fingerprint density at radius 3 is 2.70 bits per heavy atom. The summed E-state index contributed by atoms with van der Waals surface area (Å²) in [6.45, 7) is 2.02. The Bertz CT molecular complexity index is 840. The molecule has 0 saturated heterocycles. The Hall–Kier alpha value is -2.41. The number of nitro groups is 1. The summed E-state index contributed by atoms with van der Waals surface area (Å²) in [5.74, 6) is -0.576. The van der Waals surface area contributed by atoms with E-state index in [4.69, 9.17) is 0 Å². The van der Waals surface area contributed by atoms with Crippen LogP contribution in [0.25, 0.3) is 0 Å². The lowest BCUT2D eigenvalue weighted by Gasteiger charge is -2.13. The predicted octanol–water partition coefficient (Wildman–Crippen LogP) is 4.44. The number of carbonyl (C=O) groups excluding carboxylic acids is 1. The van der Waals surface area contributed by atoms with E-state index in [0.29, 0.717) is 22.4 Å². The van der Waals surface area contributed by atoms with Crippen LogP contribution in [0.15, 0.2) is 47.4 Å². The van der Waals surface area contributed by atoms with Crippen molar-refractivity contribution in [3.05, 3.63) is 69.5 Å². The zero-order valence-electron chi connectivity index (χ0n) is 15.1. The average molecular weight is 391 g/mol. The van der Waals surface area contributed by atoms with Crippen molar-refractivity contribution in [2.24, 2.45) is 5.92 Å². The van der Waals surface area contributed by atoms with Crippen LogP contribution >= 0.6 is 0 Å². The quantitative estimate of drug-likeness (QED) is 0.341. The van der Waals surface area contributed by atoms with Crippen molar-refractivity contribution in [3.8, 4) is 0 Å². The molecule has 144 valence electrons. The van der Waals surface area contributed by atoms with E-state index in [-0.39, 0.29) is 23.8 Å². The summed E-state index contributed by atoms with van der Waals surface area (Å²) in [5, 5.41) is 10.9. The number of rotatable bonds is 10. The standard InChI is InChI=1S/C20H22FNO4S/c1-2-3-5-16(13-23)14-27(26)20-9-8-18(21)12-17(20)10-15-6-4-7-19(11-15)22(24)25/h4,6-9,11-13,16H,2-3,5,10,14H2,1H3/t16-,27?/m0/s1. The molecule has 0 aliphatic rings. The largest absolute Gasteiger partial charge is 0.303 e. The first-order valence-electron chi connectivity index (χ1n) is 8.80. The van der Waals surface area contributed by atoms with E-state index in [1.807, 2.05) is 6.92 Å². The molecule has 5 nitrogen and oxygen atoms in total. The first kappa shape index (κ1) is 20.9. The topological polar surface area (TPSA) is 77.3 Å². The van der Waals surface area contributed by atoms with Crippen molar-refractivity contribution in [1.82, 2.24) is 0 Å². The molecule has 0 heterocycles. The lowest BCUT2D eigenvalue weighted by atomic mass is 10.0. The van der Waals surface area contributed by atoms with E-state index < -0.39 is 21.5 Å². The van der Waals surface area contributed by atoms with Crippen LogP contribution in [-0.2, 0) is 22.0 Å². The Balaban J connectivity index is 2.26. The highest BCUT2D eigenvalue weighted by Gasteiger charge is 2.17. The van der Waals surface area contributed by atoms with Crippen LogP contribution in [0.4, 0.5) is 10.1 Å². The molecule has 0 saturated carbocycles. The van der Waals surface area contributed by atoms with E-state index in [1.165, 1.54) is 30.3 Å². The lowest BCUT2D eigenvalue weighted by molar-refractivity contribution is -0.384. The number of aldehydes is 1. The Kier molecular flexibility index (Phi) is 7.79. The molecule has 0 spiro atoms. The van der Waals surface area contributed by atoms with Crippen molar-refractivity contribution in [3.63, 3.8) is 0 Å². The molecular weight excluding hydrogens is 369 g/mol. The van der Waals surface area contributed by atoms with Gasteiger partial charge in [0.25, 0.3) is 5.69 Å². The van der Waals surface area contributed by atoms with Gasteiger partial charge < -0.3 is 4.79 Å². The van der Waals surface area contributed by atoms with Gasteiger partial charge in [-0.2, -0.15) is 0 Å². The molecule has 7 heteroatoms. The van der Waals surface area contributed by atoms with Gasteiger partial charge in [-0.3, -0.25) is 14.3 Å². The average Bonchev–Trinajstić information content (AvgIpc) is 2.65. The number of halogens is 1. The van der Waals surface area contributed by atoms with Gasteiger partial charge in [0.2, 0.25) is 0 Å². The Labute approximate surface area is 160 Å². The third-order valence-corrected chi connectivity index (χ3v) is 5.89. The molecule has 2 rings (SSSR count). The molecule has 27 heavy (non-hydrogen) atoms. The lowest BCUT2D eigenvalue weighted by Crippen LogP contribution is -2.14. The van der Waals surface area contributed by atoms with Crippen LogP contribution in [0, 0.1) is 21.8 Å². The molecule has 2 atom stereocenters. The van der Waals surface area contributed by atoms with Crippen LogP contribution in [0.1, 0.15) is 37.3 Å². The molecule has 0 aliphatic heterocycles. The van der Waals surface area contributed by atoms with Gasteiger partial charge in [0, 0.05) is 28.7 Å². The number of hydrogen-bond donors (Lipinski definition) is 0. The van der Waals surface area contributed by atoms with E-state index >= 15 is 0 Å². The summed E-state index contributed by atoms with van der Waals surface area (Å²) in [6.07, 6.45) is 3.56. The maximum atomic E-state index is 13.8. The van der Waals surface area contributed by atoms with Gasteiger partial charge in [-0.15, -0.1) is 0 Å². The van der Waals surface area contributed by atoms with Crippen molar-refractivity contribution in [1.29, 1.82) is 0 Å². The Morgan fingerprint density at radius 1 is 1.26 bits per heavy atom. The maximum absolute atomic E-state index is 13.8. The first-order chi connectivity index (χ1) is 12.9. The summed E-state index contributed by atoms with van der Waals surface area (Å²) >= 11 is 0. The fourth-order valence-electron chi connectivity index (χ4n) is 2.85. The van der Waals surface area contributed by atoms with Gasteiger partial charge in [0.05, 0.1) is 15.7 Å². The zero-order valence-corrected chi connectivity index (χ0v) is 15.9. The van der Waals surface area contributed by atoms with Crippen LogP contribution in [0.5, 0.6) is 0 Å². The number of benzene rings is 2. The SMILES string of the molecule is CCCC[C@@H](C=O)CS(=O)c1ccc(F)cc1Cc1cccc([N+](=O)[O-])c1. The molecule has 1 unspecified atom stereocenters. The second-order valence-corrected chi connectivity index (χ2v) is 7.87. The summed E-state index contributed by atoms with van der Waals surface area (Å²) in [5.41, 5.74) is 1.09. The van der Waals surface area contributed by atoms with Crippen molar-refractivity contribution in [2.75, 3.05) is 5.75 Å². The van der Waals surface area contributed by atoms with E-state index in [2.05, 4.69) is 0 Å². The van der Waals surface area contributed by atoms with Gasteiger partial charge in [0.1, 0.15) is 12.1 Å². The second-order valence-electron chi connectivity index (χ2n) is 6.41. The summed E-state index contributed by atoms with van der Waals surface area (Å²) < 4.78 is 26.5. The number of carbonyl (C=O) groups is 1. The zero-order chi connectivity index (χ0) is 19.8. The van der Waals surface area contributed by atoms with Crippen LogP contribution in [0.3, 0.4) is 0 Å². The fourth-order valence-corrected chi connectivity index (χ4v) is 4.31. The predicted molar refractivity (Wildman–Crippen MR) is 103 cm³/mol. The number of nitrogens with zero attached hydrogens (tertiary/aromatic N) is 1. The van der Waals surface area contributed by atoms with Crippen molar-refractivity contribution < 1.29 is 18.3 Å². The molecule has 2 aromatic carbocycles. The molecule has 0 aliphatic carbocycles. The van der Waals surface area contributed by atoms with Crippen molar-refractivity contribution in [2.45, 2.75) is 37.5 Å². The summed E-state index contributed by atoms with van der Waals surface area (Å²) in [6, 6.07) is 10.1. The monoisotopic (exact) mass is 391 g/mol. The molecular formula is C20H22FNO4S. The number of nitro benzene ring substituents is 1. The molecule has 2 aromatic rings. The van der Waals surface area contributed by atoms with E-state index in [1.54, 1.807) is 12.1 Å². The number of non-ortho nitro benzene ring substituents is 1. The van der Waals surface area contributed by atoms with Crippen LogP contribution < -0.4 is 0 Å². The molecule has 0 N–H and O–H groups in total. The summed E-state index contributed by atoms with van der Waals surface area (Å²) in [7, 11) is -1.46. The van der Waals surface area contributed by atoms with Crippen LogP contribution in [-0.4, -0.2) is 21.2 Å². The van der Waals surface area contributed by atoms with Crippen molar-refractivity contribution >= 4 is 22.8 Å². The van der Waals surface area contributed by atoms with E-state index in [0.717, 1.165) is 19.1 Å². The van der Waals surface area contributed by atoms with Gasteiger partial charge in [-0.25, -0.2) is 4.39 Å². The van der Waals surface area contributed by atoms with Gasteiger partial charge in [-0.1, -0.05) is 31.9 Å². The minimum absolute atomic E-state index is 0.0489. The Morgan fingerprint density at radius 2 is 2.04 bits per heavy atom. The van der Waals surface area contributed by atoms with Gasteiger partial charge in [-0.05, 0) is 42.2 Å². The highest BCUT2D eigenvalue weighted by atomic mass is 32.2. The second kappa shape index (κ2) is 10.1. The third-order valence-electron chi connectivity index (χ3n) is 4.27.